The molecule has 1 heterocycles. The van der Waals surface area contributed by atoms with Gasteiger partial charge in [0.2, 0.25) is 0 Å². The average Bonchev–Trinajstić information content (AvgIpc) is 2.18. The fraction of sp³-hybridized carbons (Fsp3) is 0.333. The zero-order valence-electron chi connectivity index (χ0n) is 7.00. The second-order valence-corrected chi connectivity index (χ2v) is 2.85. The lowest BCUT2D eigenvalue weighted by atomic mass is 10.2. The number of para-hydroxylation sites is 1. The van der Waals surface area contributed by atoms with Crippen LogP contribution in [0.4, 0.5) is 4.39 Å². The smallest absolute Gasteiger partial charge is 0.197 e. The molecule has 0 amide bonds. The van der Waals surface area contributed by atoms with Crippen LogP contribution in [0.15, 0.2) is 18.2 Å². The Bertz CT molecular complexity index is 316. The Morgan fingerprint density at radius 3 is 3.15 bits per heavy atom. The Kier molecular flexibility index (Phi) is 2.06. The van der Waals surface area contributed by atoms with Gasteiger partial charge in [-0.1, -0.05) is 6.07 Å². The summed E-state index contributed by atoms with van der Waals surface area (Å²) in [5.41, 5.74) is 5.40. The highest BCUT2D eigenvalue weighted by Gasteiger charge is 2.21. The lowest BCUT2D eigenvalue weighted by molar-refractivity contribution is 0.0924. The van der Waals surface area contributed by atoms with E-state index in [0.717, 1.165) is 0 Å². The second kappa shape index (κ2) is 3.22. The fourth-order valence-corrected chi connectivity index (χ4v) is 1.23. The topological polar surface area (TPSA) is 44.5 Å². The van der Waals surface area contributed by atoms with E-state index in [9.17, 15) is 4.39 Å². The van der Waals surface area contributed by atoms with Crippen LogP contribution in [0.5, 0.6) is 11.5 Å². The number of nitrogens with two attached hydrogens (primary N) is 1. The third kappa shape index (κ3) is 1.45. The van der Waals surface area contributed by atoms with E-state index in [4.69, 9.17) is 15.2 Å². The molecule has 4 heteroatoms. The van der Waals surface area contributed by atoms with Gasteiger partial charge in [-0.15, -0.1) is 0 Å². The predicted molar refractivity (Wildman–Crippen MR) is 45.4 cm³/mol. The van der Waals surface area contributed by atoms with E-state index in [1.54, 1.807) is 12.1 Å². The maximum Gasteiger partial charge on any atom is 0.197 e. The first-order valence-corrected chi connectivity index (χ1v) is 4.09. The SMILES string of the molecule is NCC1COc2c(F)cccc2O1. The minimum absolute atomic E-state index is 0.172. The minimum Gasteiger partial charge on any atom is -0.483 e. The van der Waals surface area contributed by atoms with Crippen molar-refractivity contribution >= 4 is 0 Å². The van der Waals surface area contributed by atoms with Crippen molar-refractivity contribution in [1.29, 1.82) is 0 Å². The summed E-state index contributed by atoms with van der Waals surface area (Å²) >= 11 is 0. The van der Waals surface area contributed by atoms with Crippen LogP contribution in [0, 0.1) is 5.82 Å². The lowest BCUT2D eigenvalue weighted by Gasteiger charge is -2.25. The molecule has 13 heavy (non-hydrogen) atoms. The van der Waals surface area contributed by atoms with Crippen LogP contribution in [0.3, 0.4) is 0 Å². The lowest BCUT2D eigenvalue weighted by Crippen LogP contribution is -2.35. The van der Waals surface area contributed by atoms with Crippen LogP contribution in [-0.2, 0) is 0 Å². The van der Waals surface area contributed by atoms with Crippen molar-refractivity contribution in [3.8, 4) is 11.5 Å². The van der Waals surface area contributed by atoms with Crippen molar-refractivity contribution in [3.63, 3.8) is 0 Å². The summed E-state index contributed by atoms with van der Waals surface area (Å²) in [6.45, 7) is 0.681. The van der Waals surface area contributed by atoms with Gasteiger partial charge in [0.25, 0.3) is 0 Å². The van der Waals surface area contributed by atoms with Gasteiger partial charge in [0.15, 0.2) is 17.3 Å². The molecule has 1 aromatic carbocycles. The van der Waals surface area contributed by atoms with Crippen molar-refractivity contribution in [2.75, 3.05) is 13.2 Å². The van der Waals surface area contributed by atoms with E-state index in [2.05, 4.69) is 0 Å². The van der Waals surface area contributed by atoms with Gasteiger partial charge in [0.05, 0.1) is 0 Å². The highest BCUT2D eigenvalue weighted by molar-refractivity contribution is 5.42. The first-order valence-electron chi connectivity index (χ1n) is 4.09. The molecule has 70 valence electrons. The molecule has 1 atom stereocenters. The van der Waals surface area contributed by atoms with Crippen LogP contribution in [0.25, 0.3) is 0 Å². The number of hydrogen-bond acceptors (Lipinski definition) is 3. The first kappa shape index (κ1) is 8.31. The van der Waals surface area contributed by atoms with Gasteiger partial charge in [-0.3, -0.25) is 0 Å². The molecule has 1 aliphatic rings. The summed E-state index contributed by atoms with van der Waals surface area (Å²) in [7, 11) is 0. The quantitative estimate of drug-likeness (QED) is 0.704. The van der Waals surface area contributed by atoms with Crippen molar-refractivity contribution in [1.82, 2.24) is 0 Å². The Balaban J connectivity index is 2.31. The predicted octanol–water partition coefficient (Wildman–Crippen LogP) is 0.924. The molecule has 0 bridgehead atoms. The van der Waals surface area contributed by atoms with Gasteiger partial charge in [-0.2, -0.15) is 0 Å². The highest BCUT2D eigenvalue weighted by Crippen LogP contribution is 2.33. The van der Waals surface area contributed by atoms with Crippen molar-refractivity contribution in [3.05, 3.63) is 24.0 Å². The van der Waals surface area contributed by atoms with Gasteiger partial charge < -0.3 is 15.2 Å². The van der Waals surface area contributed by atoms with Crippen LogP contribution in [0.1, 0.15) is 0 Å². The molecule has 0 aliphatic carbocycles. The molecule has 0 radical (unpaired) electrons. The Labute approximate surface area is 75.3 Å². The third-order valence-corrected chi connectivity index (χ3v) is 1.90. The van der Waals surface area contributed by atoms with Crippen molar-refractivity contribution < 1.29 is 13.9 Å². The number of hydrogen-bond donors (Lipinski definition) is 1. The Morgan fingerprint density at radius 2 is 2.38 bits per heavy atom. The molecule has 0 saturated heterocycles. The van der Waals surface area contributed by atoms with Gasteiger partial charge in [-0.25, -0.2) is 4.39 Å². The molecule has 1 aromatic rings. The summed E-state index contributed by atoms with van der Waals surface area (Å²) < 4.78 is 23.6. The third-order valence-electron chi connectivity index (χ3n) is 1.90. The largest absolute Gasteiger partial charge is 0.483 e. The van der Waals surface area contributed by atoms with E-state index in [0.29, 0.717) is 18.9 Å². The Morgan fingerprint density at radius 1 is 1.54 bits per heavy atom. The molecule has 0 fully saturated rings. The van der Waals surface area contributed by atoms with Gasteiger partial charge in [0, 0.05) is 6.54 Å². The van der Waals surface area contributed by atoms with E-state index in [-0.39, 0.29) is 11.9 Å². The van der Waals surface area contributed by atoms with Crippen LogP contribution >= 0.6 is 0 Å². The summed E-state index contributed by atoms with van der Waals surface area (Å²) in [6, 6.07) is 4.58. The average molecular weight is 183 g/mol. The summed E-state index contributed by atoms with van der Waals surface area (Å²) in [5, 5.41) is 0. The molecule has 2 N–H and O–H groups in total. The van der Waals surface area contributed by atoms with Crippen molar-refractivity contribution in [2.45, 2.75) is 6.10 Å². The minimum atomic E-state index is -0.395. The van der Waals surface area contributed by atoms with Crippen molar-refractivity contribution in [2.24, 2.45) is 5.73 Å². The zero-order valence-corrected chi connectivity index (χ0v) is 7.00. The number of ether oxygens (including phenoxy) is 2. The van der Waals surface area contributed by atoms with Gasteiger partial charge in [0.1, 0.15) is 12.7 Å². The standard InChI is InChI=1S/C9H10FNO2/c10-7-2-1-3-8-9(7)12-5-6(4-11)13-8/h1-3,6H,4-5,11H2. The zero-order chi connectivity index (χ0) is 9.26. The fourth-order valence-electron chi connectivity index (χ4n) is 1.23. The monoisotopic (exact) mass is 183 g/mol. The Hall–Kier alpha value is -1.29. The van der Waals surface area contributed by atoms with Gasteiger partial charge in [-0.05, 0) is 12.1 Å². The highest BCUT2D eigenvalue weighted by atomic mass is 19.1. The van der Waals surface area contributed by atoms with E-state index in [1.807, 2.05) is 0 Å². The van der Waals surface area contributed by atoms with Crippen LogP contribution in [0.2, 0.25) is 0 Å². The molecule has 0 saturated carbocycles. The molecule has 0 spiro atoms. The van der Waals surface area contributed by atoms with Crippen LogP contribution in [-0.4, -0.2) is 19.3 Å². The summed E-state index contributed by atoms with van der Waals surface area (Å²) in [4.78, 5) is 0. The molecular weight excluding hydrogens is 173 g/mol. The van der Waals surface area contributed by atoms with E-state index >= 15 is 0 Å². The molecule has 0 aromatic heterocycles. The van der Waals surface area contributed by atoms with Crippen LogP contribution < -0.4 is 15.2 Å². The number of rotatable bonds is 1. The molecular formula is C9H10FNO2. The second-order valence-electron chi connectivity index (χ2n) is 2.85. The number of fused-ring (bicyclic) bond motifs is 1. The molecule has 3 nitrogen and oxygen atoms in total. The molecule has 2 rings (SSSR count). The molecule has 1 aliphatic heterocycles. The van der Waals surface area contributed by atoms with Gasteiger partial charge >= 0.3 is 0 Å². The summed E-state index contributed by atoms with van der Waals surface area (Å²) in [5.74, 6) is 0.224. The number of benzene rings is 1. The molecule has 1 unspecified atom stereocenters. The summed E-state index contributed by atoms with van der Waals surface area (Å²) in [6.07, 6.45) is -0.172. The first-order chi connectivity index (χ1) is 6.31. The van der Waals surface area contributed by atoms with E-state index in [1.165, 1.54) is 6.07 Å². The normalized spacial score (nSPS) is 20.0. The maximum absolute atomic E-state index is 13.1. The van der Waals surface area contributed by atoms with E-state index < -0.39 is 5.82 Å². The maximum atomic E-state index is 13.1. The number of halogens is 1.